The first-order valence-corrected chi connectivity index (χ1v) is 6.84. The molecule has 1 aromatic heterocycles. The zero-order valence-corrected chi connectivity index (χ0v) is 12.3. The first-order chi connectivity index (χ1) is 9.16. The molecule has 100 valence electrons. The number of nitrogens with zero attached hydrogens (tertiary/aromatic N) is 1. The molecule has 5 heteroatoms. The van der Waals surface area contributed by atoms with Gasteiger partial charge in [0.05, 0.1) is 0 Å². The van der Waals surface area contributed by atoms with Crippen molar-refractivity contribution in [2.75, 3.05) is 25.0 Å². The minimum absolute atomic E-state index is 0.0906. The highest BCUT2D eigenvalue weighted by atomic mass is 79.9. The maximum atomic E-state index is 11.8. The van der Waals surface area contributed by atoms with Crippen LogP contribution in [-0.2, 0) is 0 Å². The van der Waals surface area contributed by atoms with E-state index in [0.29, 0.717) is 12.2 Å². The molecule has 0 saturated carbocycles. The Hall–Kier alpha value is -1.75. The number of aromatic amines is 1. The van der Waals surface area contributed by atoms with Crippen molar-refractivity contribution in [1.82, 2.24) is 10.3 Å². The van der Waals surface area contributed by atoms with Crippen molar-refractivity contribution < 1.29 is 4.79 Å². The molecule has 2 N–H and O–H groups in total. The summed E-state index contributed by atoms with van der Waals surface area (Å²) in [6.07, 6.45) is 1.74. The van der Waals surface area contributed by atoms with E-state index in [1.54, 1.807) is 12.3 Å². The molecule has 1 amide bonds. The lowest BCUT2D eigenvalue weighted by Crippen LogP contribution is -2.33. The molecule has 0 aliphatic rings. The standard InChI is InChI=1S/C14H16BrN3O/c1-18(12-5-3-2-4-6-12)8-7-16-14(19)13-9-11(15)10-17-13/h2-6,9-10,17H,7-8H2,1H3,(H,16,19). The third kappa shape index (κ3) is 3.86. The van der Waals surface area contributed by atoms with Crippen LogP contribution in [-0.4, -0.2) is 31.0 Å². The Morgan fingerprint density at radius 2 is 2.11 bits per heavy atom. The molecule has 19 heavy (non-hydrogen) atoms. The number of H-pyrrole nitrogens is 1. The predicted molar refractivity (Wildman–Crippen MR) is 80.5 cm³/mol. The topological polar surface area (TPSA) is 48.1 Å². The number of halogens is 1. The lowest BCUT2D eigenvalue weighted by Gasteiger charge is -2.19. The summed E-state index contributed by atoms with van der Waals surface area (Å²) in [5.74, 6) is -0.0906. The molecule has 0 aliphatic heterocycles. The minimum Gasteiger partial charge on any atom is -0.373 e. The van der Waals surface area contributed by atoms with E-state index in [4.69, 9.17) is 0 Å². The number of anilines is 1. The highest BCUT2D eigenvalue weighted by molar-refractivity contribution is 9.10. The van der Waals surface area contributed by atoms with Gasteiger partial charge < -0.3 is 15.2 Å². The number of aromatic nitrogens is 1. The summed E-state index contributed by atoms with van der Waals surface area (Å²) in [4.78, 5) is 16.8. The van der Waals surface area contributed by atoms with Crippen LogP contribution in [0.15, 0.2) is 47.1 Å². The Balaban J connectivity index is 1.79. The number of hydrogen-bond acceptors (Lipinski definition) is 2. The normalized spacial score (nSPS) is 10.2. The van der Waals surface area contributed by atoms with Gasteiger partial charge in [-0.25, -0.2) is 0 Å². The van der Waals surface area contributed by atoms with Gasteiger partial charge in [-0.15, -0.1) is 0 Å². The molecule has 0 unspecified atom stereocenters. The van der Waals surface area contributed by atoms with Crippen LogP contribution in [0, 0.1) is 0 Å². The number of benzene rings is 1. The smallest absolute Gasteiger partial charge is 0.267 e. The number of para-hydroxylation sites is 1. The van der Waals surface area contributed by atoms with Crippen LogP contribution in [0.4, 0.5) is 5.69 Å². The second-order valence-electron chi connectivity index (χ2n) is 4.24. The molecular weight excluding hydrogens is 306 g/mol. The zero-order valence-electron chi connectivity index (χ0n) is 10.7. The Labute approximate surface area is 120 Å². The number of carbonyl (C=O) groups is 1. The maximum Gasteiger partial charge on any atom is 0.267 e. The van der Waals surface area contributed by atoms with E-state index in [0.717, 1.165) is 16.7 Å². The summed E-state index contributed by atoms with van der Waals surface area (Å²) in [5.41, 5.74) is 1.70. The van der Waals surface area contributed by atoms with Crippen molar-refractivity contribution in [3.63, 3.8) is 0 Å². The highest BCUT2D eigenvalue weighted by Crippen LogP contribution is 2.11. The minimum atomic E-state index is -0.0906. The highest BCUT2D eigenvalue weighted by Gasteiger charge is 2.07. The number of hydrogen-bond donors (Lipinski definition) is 2. The molecule has 0 spiro atoms. The van der Waals surface area contributed by atoms with Crippen molar-refractivity contribution >= 4 is 27.5 Å². The van der Waals surface area contributed by atoms with Gasteiger partial charge in [-0.05, 0) is 34.1 Å². The lowest BCUT2D eigenvalue weighted by atomic mass is 10.3. The predicted octanol–water partition coefficient (Wildman–Crippen LogP) is 2.64. The first kappa shape index (κ1) is 13.7. The van der Waals surface area contributed by atoms with Crippen molar-refractivity contribution in [2.24, 2.45) is 0 Å². The van der Waals surface area contributed by atoms with Gasteiger partial charge >= 0.3 is 0 Å². The molecule has 1 heterocycles. The molecule has 0 radical (unpaired) electrons. The Morgan fingerprint density at radius 3 is 2.74 bits per heavy atom. The van der Waals surface area contributed by atoms with Crippen molar-refractivity contribution in [1.29, 1.82) is 0 Å². The molecule has 2 aromatic rings. The van der Waals surface area contributed by atoms with Gasteiger partial charge in [0.25, 0.3) is 5.91 Å². The molecule has 2 rings (SSSR count). The summed E-state index contributed by atoms with van der Waals surface area (Å²) in [7, 11) is 2.01. The SMILES string of the molecule is CN(CCNC(=O)c1cc(Br)c[nH]1)c1ccccc1. The van der Waals surface area contributed by atoms with E-state index < -0.39 is 0 Å². The summed E-state index contributed by atoms with van der Waals surface area (Å²) in [5, 5.41) is 2.88. The maximum absolute atomic E-state index is 11.8. The van der Waals surface area contributed by atoms with Crippen LogP contribution < -0.4 is 10.2 Å². The van der Waals surface area contributed by atoms with Gasteiger partial charge in [0.1, 0.15) is 5.69 Å². The summed E-state index contributed by atoms with van der Waals surface area (Å²) in [6, 6.07) is 11.8. The van der Waals surface area contributed by atoms with Crippen molar-refractivity contribution in [3.8, 4) is 0 Å². The van der Waals surface area contributed by atoms with E-state index in [1.807, 2.05) is 37.4 Å². The fourth-order valence-electron chi connectivity index (χ4n) is 1.74. The molecule has 0 atom stereocenters. The molecule has 4 nitrogen and oxygen atoms in total. The number of nitrogens with one attached hydrogen (secondary N) is 2. The van der Waals surface area contributed by atoms with Gasteiger partial charge in [0, 0.05) is 36.5 Å². The largest absolute Gasteiger partial charge is 0.373 e. The Morgan fingerprint density at radius 1 is 1.37 bits per heavy atom. The van der Waals surface area contributed by atoms with Crippen LogP contribution in [0.3, 0.4) is 0 Å². The first-order valence-electron chi connectivity index (χ1n) is 6.05. The third-order valence-corrected chi connectivity index (χ3v) is 3.28. The fraction of sp³-hybridized carbons (Fsp3) is 0.214. The van der Waals surface area contributed by atoms with Crippen molar-refractivity contribution in [2.45, 2.75) is 0 Å². The molecule has 0 fully saturated rings. The lowest BCUT2D eigenvalue weighted by molar-refractivity contribution is 0.0950. The fourth-order valence-corrected chi connectivity index (χ4v) is 2.09. The van der Waals surface area contributed by atoms with E-state index in [-0.39, 0.29) is 5.91 Å². The number of carbonyl (C=O) groups excluding carboxylic acids is 1. The summed E-state index contributed by atoms with van der Waals surface area (Å²) < 4.78 is 0.874. The molecule has 0 aliphatic carbocycles. The van der Waals surface area contributed by atoms with E-state index >= 15 is 0 Å². The van der Waals surface area contributed by atoms with E-state index in [9.17, 15) is 4.79 Å². The monoisotopic (exact) mass is 321 g/mol. The van der Waals surface area contributed by atoms with E-state index in [2.05, 4.69) is 31.1 Å². The molecule has 1 aromatic carbocycles. The van der Waals surface area contributed by atoms with Crippen LogP contribution in [0.1, 0.15) is 10.5 Å². The van der Waals surface area contributed by atoms with Gasteiger partial charge in [-0.1, -0.05) is 18.2 Å². The third-order valence-electron chi connectivity index (χ3n) is 2.82. The van der Waals surface area contributed by atoms with Gasteiger partial charge in [0.2, 0.25) is 0 Å². The number of amides is 1. The van der Waals surface area contributed by atoms with Crippen LogP contribution >= 0.6 is 15.9 Å². The Bertz CT molecular complexity index is 539. The zero-order chi connectivity index (χ0) is 13.7. The molecule has 0 saturated heterocycles. The second kappa shape index (κ2) is 6.43. The second-order valence-corrected chi connectivity index (χ2v) is 5.16. The summed E-state index contributed by atoms with van der Waals surface area (Å²) in [6.45, 7) is 1.36. The number of rotatable bonds is 5. The summed E-state index contributed by atoms with van der Waals surface area (Å²) >= 11 is 3.30. The quantitative estimate of drug-likeness (QED) is 0.889. The van der Waals surface area contributed by atoms with Gasteiger partial charge in [-0.2, -0.15) is 0 Å². The van der Waals surface area contributed by atoms with Crippen LogP contribution in [0.5, 0.6) is 0 Å². The molecule has 0 bridgehead atoms. The van der Waals surface area contributed by atoms with Crippen LogP contribution in [0.2, 0.25) is 0 Å². The number of likely N-dealkylation sites (N-methyl/N-ethyl adjacent to an activating group) is 1. The van der Waals surface area contributed by atoms with Crippen molar-refractivity contribution in [3.05, 3.63) is 52.8 Å². The van der Waals surface area contributed by atoms with Crippen LogP contribution in [0.25, 0.3) is 0 Å². The van der Waals surface area contributed by atoms with E-state index in [1.165, 1.54) is 0 Å². The average Bonchev–Trinajstić information content (AvgIpc) is 2.86. The Kier molecular flexibility index (Phi) is 4.63. The van der Waals surface area contributed by atoms with Gasteiger partial charge in [-0.3, -0.25) is 4.79 Å². The van der Waals surface area contributed by atoms with Gasteiger partial charge in [0.15, 0.2) is 0 Å². The molecular formula is C14H16BrN3O. The average molecular weight is 322 g/mol.